The number of amides is 1. The van der Waals surface area contributed by atoms with Crippen LogP contribution in [0.3, 0.4) is 0 Å². The van der Waals surface area contributed by atoms with Gasteiger partial charge in [0, 0.05) is 17.8 Å². The van der Waals surface area contributed by atoms with Gasteiger partial charge in [-0.2, -0.15) is 0 Å². The lowest BCUT2D eigenvalue weighted by molar-refractivity contribution is -0.133. The molecule has 0 aromatic heterocycles. The maximum Gasteiger partial charge on any atom is 0.253 e. The van der Waals surface area contributed by atoms with Gasteiger partial charge in [-0.05, 0) is 50.4 Å². The maximum absolute atomic E-state index is 13.6. The van der Waals surface area contributed by atoms with Gasteiger partial charge in [-0.15, -0.1) is 11.8 Å². The fourth-order valence-corrected chi connectivity index (χ4v) is 6.22. The summed E-state index contributed by atoms with van der Waals surface area (Å²) in [5.41, 5.74) is 2.71. The molecule has 7 heteroatoms. The number of nitrogens with one attached hydrogen (secondary N) is 3. The molecule has 0 bridgehead atoms. The summed E-state index contributed by atoms with van der Waals surface area (Å²) >= 11 is 1.83. The highest BCUT2D eigenvalue weighted by Crippen LogP contribution is 2.48. The molecular weight excluding hydrogens is 305 g/mol. The van der Waals surface area contributed by atoms with Gasteiger partial charge >= 0.3 is 0 Å². The molecule has 3 N–H and O–H groups in total. The van der Waals surface area contributed by atoms with Crippen LogP contribution >= 0.6 is 11.8 Å². The summed E-state index contributed by atoms with van der Waals surface area (Å²) in [6, 6.07) is 0.454. The topological polar surface area (TPSA) is 62.4 Å². The van der Waals surface area contributed by atoms with Gasteiger partial charge in [0.05, 0.1) is 0 Å². The van der Waals surface area contributed by atoms with Gasteiger partial charge in [0.2, 0.25) is 0 Å². The van der Waals surface area contributed by atoms with E-state index in [2.05, 4.69) is 16.1 Å². The van der Waals surface area contributed by atoms with Crippen LogP contribution in [0.5, 0.6) is 0 Å². The van der Waals surface area contributed by atoms with Gasteiger partial charge in [-0.1, -0.05) is 0 Å². The number of thioether (sulfide) groups is 1. The Hall–Kier alpha value is -0.370. The van der Waals surface area contributed by atoms with Crippen molar-refractivity contribution in [3.05, 3.63) is 0 Å². The number of hydrogen-bond acceptors (Lipinski definition) is 5. The molecule has 2 saturated heterocycles. The van der Waals surface area contributed by atoms with Crippen LogP contribution in [0.1, 0.15) is 38.5 Å². The highest BCUT2D eigenvalue weighted by atomic mass is 32.2. The Morgan fingerprint density at radius 3 is 2.95 bits per heavy atom. The quantitative estimate of drug-likeness (QED) is 0.713. The smallest absolute Gasteiger partial charge is 0.253 e. The molecule has 0 aromatic rings. The molecule has 4 aliphatic rings. The van der Waals surface area contributed by atoms with E-state index in [4.69, 9.17) is 4.84 Å². The van der Waals surface area contributed by atoms with Crippen molar-refractivity contribution >= 4 is 17.7 Å². The van der Waals surface area contributed by atoms with Crippen molar-refractivity contribution in [3.63, 3.8) is 0 Å². The second-order valence-corrected chi connectivity index (χ2v) is 8.25. The van der Waals surface area contributed by atoms with E-state index in [1.165, 1.54) is 0 Å². The highest BCUT2D eigenvalue weighted by Gasteiger charge is 2.47. The van der Waals surface area contributed by atoms with E-state index in [9.17, 15) is 9.18 Å². The first kappa shape index (κ1) is 15.2. The van der Waals surface area contributed by atoms with Crippen LogP contribution in [0.2, 0.25) is 0 Å². The SMILES string of the molecule is O=C(NC1NC2CCC3CC(F)CCC3C2S1)C1CCNO1. The number of halogens is 1. The third kappa shape index (κ3) is 2.88. The van der Waals surface area contributed by atoms with Crippen LogP contribution in [0.4, 0.5) is 4.39 Å². The minimum absolute atomic E-state index is 0.0337. The van der Waals surface area contributed by atoms with Crippen LogP contribution in [0.15, 0.2) is 0 Å². The van der Waals surface area contributed by atoms with Crippen molar-refractivity contribution in [1.82, 2.24) is 16.1 Å². The zero-order valence-corrected chi connectivity index (χ0v) is 13.4. The summed E-state index contributed by atoms with van der Waals surface area (Å²) in [6.07, 6.45) is 4.42. The van der Waals surface area contributed by atoms with E-state index in [0.717, 1.165) is 38.6 Å². The first-order valence-electron chi connectivity index (χ1n) is 8.45. The van der Waals surface area contributed by atoms with Crippen molar-refractivity contribution in [1.29, 1.82) is 0 Å². The second kappa shape index (κ2) is 6.26. The van der Waals surface area contributed by atoms with Crippen molar-refractivity contribution in [2.24, 2.45) is 11.8 Å². The Morgan fingerprint density at radius 1 is 1.23 bits per heavy atom. The molecule has 7 atom stereocenters. The van der Waals surface area contributed by atoms with Crippen LogP contribution in [0.25, 0.3) is 0 Å². The minimum Gasteiger partial charge on any atom is -0.329 e. The van der Waals surface area contributed by atoms with Crippen LogP contribution in [-0.4, -0.2) is 41.5 Å². The third-order valence-electron chi connectivity index (χ3n) is 5.60. The number of rotatable bonds is 2. The van der Waals surface area contributed by atoms with Crippen molar-refractivity contribution in [2.45, 2.75) is 67.6 Å². The predicted molar refractivity (Wildman–Crippen MR) is 82.7 cm³/mol. The van der Waals surface area contributed by atoms with E-state index in [0.29, 0.717) is 29.5 Å². The maximum atomic E-state index is 13.6. The molecule has 0 aromatic carbocycles. The van der Waals surface area contributed by atoms with E-state index >= 15 is 0 Å². The monoisotopic (exact) mass is 329 g/mol. The lowest BCUT2D eigenvalue weighted by Gasteiger charge is -2.42. The van der Waals surface area contributed by atoms with Gasteiger partial charge < -0.3 is 5.32 Å². The zero-order valence-electron chi connectivity index (χ0n) is 12.6. The molecule has 0 spiro atoms. The third-order valence-corrected chi connectivity index (χ3v) is 7.12. The molecule has 5 nitrogen and oxygen atoms in total. The van der Waals surface area contributed by atoms with Gasteiger partial charge in [0.25, 0.3) is 5.91 Å². The number of carbonyl (C=O) groups is 1. The van der Waals surface area contributed by atoms with Crippen molar-refractivity contribution in [2.75, 3.05) is 6.54 Å². The van der Waals surface area contributed by atoms with Crippen LogP contribution < -0.4 is 16.1 Å². The molecule has 2 saturated carbocycles. The summed E-state index contributed by atoms with van der Waals surface area (Å²) in [5, 5.41) is 7.12. The normalized spacial score (nSPS) is 47.8. The molecule has 124 valence electrons. The van der Waals surface area contributed by atoms with Crippen LogP contribution in [-0.2, 0) is 9.63 Å². The average Bonchev–Trinajstić information content (AvgIpc) is 3.15. The van der Waals surface area contributed by atoms with Crippen molar-refractivity contribution in [3.8, 4) is 0 Å². The number of hydrogen-bond donors (Lipinski definition) is 3. The first-order chi connectivity index (χ1) is 10.7. The van der Waals surface area contributed by atoms with Crippen molar-refractivity contribution < 1.29 is 14.0 Å². The lowest BCUT2D eigenvalue weighted by Crippen LogP contribution is -2.49. The second-order valence-electron chi connectivity index (χ2n) is 6.96. The van der Waals surface area contributed by atoms with Gasteiger partial charge in [0.1, 0.15) is 11.7 Å². The summed E-state index contributed by atoms with van der Waals surface area (Å²) in [7, 11) is 0. The number of fused-ring (bicyclic) bond motifs is 3. The summed E-state index contributed by atoms with van der Waals surface area (Å²) in [6.45, 7) is 0.725. The summed E-state index contributed by atoms with van der Waals surface area (Å²) < 4.78 is 13.6. The Kier molecular flexibility index (Phi) is 4.32. The van der Waals surface area contributed by atoms with Crippen LogP contribution in [0, 0.1) is 11.8 Å². The Balaban J connectivity index is 1.36. The minimum atomic E-state index is -0.598. The number of carbonyl (C=O) groups excluding carboxylic acids is 1. The Labute approximate surface area is 134 Å². The summed E-state index contributed by atoms with van der Waals surface area (Å²) in [5.74, 6) is 1.10. The van der Waals surface area contributed by atoms with Gasteiger partial charge in [-0.3, -0.25) is 14.9 Å². The fourth-order valence-electron chi connectivity index (χ4n) is 4.51. The summed E-state index contributed by atoms with van der Waals surface area (Å²) in [4.78, 5) is 17.4. The Morgan fingerprint density at radius 2 is 2.14 bits per heavy atom. The van der Waals surface area contributed by atoms with E-state index < -0.39 is 6.17 Å². The molecule has 0 radical (unpaired) electrons. The van der Waals surface area contributed by atoms with E-state index in [-0.39, 0.29) is 17.5 Å². The molecule has 7 unspecified atom stereocenters. The number of alkyl halides is 1. The first-order valence-corrected chi connectivity index (χ1v) is 9.39. The molecule has 2 heterocycles. The van der Waals surface area contributed by atoms with E-state index in [1.807, 2.05) is 11.8 Å². The molecule has 22 heavy (non-hydrogen) atoms. The molecule has 2 aliphatic carbocycles. The number of hydroxylamine groups is 1. The molecule has 4 fully saturated rings. The van der Waals surface area contributed by atoms with Gasteiger partial charge in [-0.25, -0.2) is 9.87 Å². The average molecular weight is 329 g/mol. The van der Waals surface area contributed by atoms with Gasteiger partial charge in [0.15, 0.2) is 6.10 Å². The highest BCUT2D eigenvalue weighted by molar-refractivity contribution is 8.00. The molecule has 2 aliphatic heterocycles. The zero-order chi connectivity index (χ0) is 15.1. The fraction of sp³-hybridized carbons (Fsp3) is 0.933. The molecule has 1 amide bonds. The standard InChI is InChI=1S/C15H24FN3O2S/c16-9-2-3-10-8(7-9)1-4-11-13(10)22-15(18-11)19-14(20)12-5-6-17-21-12/h8-13,15,17-18H,1-7H2,(H,19,20). The molecule has 4 rings (SSSR count). The largest absolute Gasteiger partial charge is 0.329 e. The van der Waals surface area contributed by atoms with E-state index in [1.54, 1.807) is 0 Å². The Bertz CT molecular complexity index is 435. The molecular formula is C15H24FN3O2S. The lowest BCUT2D eigenvalue weighted by atomic mass is 9.68. The predicted octanol–water partition coefficient (Wildman–Crippen LogP) is 1.30.